The number of carbonyl (C=O) groups excluding carboxylic acids is 1. The predicted octanol–water partition coefficient (Wildman–Crippen LogP) is 0.900. The van der Waals surface area contributed by atoms with Gasteiger partial charge in [-0.2, -0.15) is 0 Å². The number of amides is 1. The van der Waals surface area contributed by atoms with Crippen LogP contribution in [0.3, 0.4) is 0 Å². The Hall–Kier alpha value is -2.17. The monoisotopic (exact) mass is 220 g/mol. The Labute approximate surface area is 92.8 Å². The van der Waals surface area contributed by atoms with E-state index in [1.54, 1.807) is 25.4 Å². The third-order valence-corrected chi connectivity index (χ3v) is 1.92. The van der Waals surface area contributed by atoms with Crippen LogP contribution in [0.4, 0.5) is 0 Å². The number of nitrogens with zero attached hydrogens (tertiary/aromatic N) is 1. The summed E-state index contributed by atoms with van der Waals surface area (Å²) in [6, 6.07) is 3.39. The first kappa shape index (κ1) is 11.9. The Bertz CT molecular complexity index is 401. The molecule has 0 fully saturated rings. The first-order valence-electron chi connectivity index (χ1n) is 4.71. The first-order valence-corrected chi connectivity index (χ1v) is 4.71. The molecule has 0 aliphatic carbocycles. The number of nitrogens with one attached hydrogen (secondary N) is 1. The average Bonchev–Trinajstić information content (AvgIpc) is 2.27. The van der Waals surface area contributed by atoms with Crippen LogP contribution >= 0.6 is 0 Å². The van der Waals surface area contributed by atoms with Crippen molar-refractivity contribution in [3.63, 3.8) is 0 Å². The van der Waals surface area contributed by atoms with Crippen LogP contribution in [0.2, 0.25) is 0 Å². The highest BCUT2D eigenvalue weighted by Crippen LogP contribution is 2.09. The van der Waals surface area contributed by atoms with Crippen LogP contribution in [-0.2, 0) is 9.59 Å². The molecule has 1 aromatic rings. The van der Waals surface area contributed by atoms with Gasteiger partial charge >= 0.3 is 5.97 Å². The van der Waals surface area contributed by atoms with Gasteiger partial charge in [0, 0.05) is 24.5 Å². The zero-order chi connectivity index (χ0) is 12.0. The fraction of sp³-hybridized carbons (Fsp3) is 0.182. The molecule has 0 saturated carbocycles. The number of aliphatic carboxylic acids is 1. The number of carbonyl (C=O) groups is 2. The summed E-state index contributed by atoms with van der Waals surface area (Å²) in [5.41, 5.74) is 0.861. The summed E-state index contributed by atoms with van der Waals surface area (Å²) in [6.07, 6.45) is 5.06. The van der Waals surface area contributed by atoms with E-state index in [9.17, 15) is 9.59 Å². The van der Waals surface area contributed by atoms with Crippen molar-refractivity contribution in [1.82, 2.24) is 10.3 Å². The second kappa shape index (κ2) is 5.65. The molecule has 84 valence electrons. The van der Waals surface area contributed by atoms with E-state index < -0.39 is 11.9 Å². The largest absolute Gasteiger partial charge is 0.478 e. The van der Waals surface area contributed by atoms with Gasteiger partial charge in [0.05, 0.1) is 6.04 Å². The number of hydrogen-bond donors (Lipinski definition) is 2. The van der Waals surface area contributed by atoms with Crippen LogP contribution in [0, 0.1) is 0 Å². The Morgan fingerprint density at radius 2 is 2.25 bits per heavy atom. The first-order chi connectivity index (χ1) is 7.59. The van der Waals surface area contributed by atoms with Crippen molar-refractivity contribution >= 4 is 11.9 Å². The van der Waals surface area contributed by atoms with Crippen molar-refractivity contribution in [2.45, 2.75) is 13.0 Å². The van der Waals surface area contributed by atoms with Gasteiger partial charge in [0.2, 0.25) is 5.91 Å². The molecule has 16 heavy (non-hydrogen) atoms. The number of carboxylic acid groups (broad SMARTS) is 1. The Morgan fingerprint density at radius 1 is 1.50 bits per heavy atom. The van der Waals surface area contributed by atoms with Crippen molar-refractivity contribution < 1.29 is 14.7 Å². The van der Waals surface area contributed by atoms with E-state index >= 15 is 0 Å². The van der Waals surface area contributed by atoms with Crippen LogP contribution in [-0.4, -0.2) is 22.0 Å². The van der Waals surface area contributed by atoms with Gasteiger partial charge in [-0.05, 0) is 18.6 Å². The molecular weight excluding hydrogens is 208 g/mol. The van der Waals surface area contributed by atoms with Crippen molar-refractivity contribution in [1.29, 1.82) is 0 Å². The van der Waals surface area contributed by atoms with Crippen molar-refractivity contribution in [2.24, 2.45) is 0 Å². The summed E-state index contributed by atoms with van der Waals surface area (Å²) in [5, 5.41) is 11.0. The summed E-state index contributed by atoms with van der Waals surface area (Å²) >= 11 is 0. The zero-order valence-corrected chi connectivity index (χ0v) is 8.75. The van der Waals surface area contributed by atoms with E-state index in [1.165, 1.54) is 0 Å². The maximum atomic E-state index is 11.2. The maximum Gasteiger partial charge on any atom is 0.328 e. The van der Waals surface area contributed by atoms with E-state index in [-0.39, 0.29) is 6.04 Å². The van der Waals surface area contributed by atoms with E-state index in [2.05, 4.69) is 10.3 Å². The highest BCUT2D eigenvalue weighted by Gasteiger charge is 2.06. The van der Waals surface area contributed by atoms with Crippen LogP contribution in [0.15, 0.2) is 36.7 Å². The fourth-order valence-corrected chi connectivity index (χ4v) is 1.12. The number of rotatable bonds is 4. The Morgan fingerprint density at radius 3 is 2.81 bits per heavy atom. The van der Waals surface area contributed by atoms with Crippen molar-refractivity contribution in [2.75, 3.05) is 0 Å². The fourth-order valence-electron chi connectivity index (χ4n) is 1.12. The molecule has 1 aromatic heterocycles. The van der Waals surface area contributed by atoms with Gasteiger partial charge in [0.25, 0.3) is 0 Å². The van der Waals surface area contributed by atoms with Crippen LogP contribution in [0.1, 0.15) is 18.5 Å². The van der Waals surface area contributed by atoms with Gasteiger partial charge in [-0.3, -0.25) is 9.78 Å². The summed E-state index contributed by atoms with van der Waals surface area (Å²) in [5.74, 6) is -1.59. The summed E-state index contributed by atoms with van der Waals surface area (Å²) in [4.78, 5) is 25.4. The average molecular weight is 220 g/mol. The van der Waals surface area contributed by atoms with E-state index in [0.29, 0.717) is 0 Å². The third kappa shape index (κ3) is 3.91. The summed E-state index contributed by atoms with van der Waals surface area (Å²) in [6.45, 7) is 1.80. The lowest BCUT2D eigenvalue weighted by atomic mass is 10.1. The smallest absolute Gasteiger partial charge is 0.328 e. The van der Waals surface area contributed by atoms with Gasteiger partial charge in [-0.1, -0.05) is 6.07 Å². The van der Waals surface area contributed by atoms with Gasteiger partial charge in [-0.25, -0.2) is 4.79 Å². The molecule has 1 amide bonds. The van der Waals surface area contributed by atoms with E-state index in [1.807, 2.05) is 6.07 Å². The lowest BCUT2D eigenvalue weighted by molar-refractivity contribution is -0.131. The molecule has 5 nitrogen and oxygen atoms in total. The second-order valence-corrected chi connectivity index (χ2v) is 3.19. The number of aromatic nitrogens is 1. The predicted molar refractivity (Wildman–Crippen MR) is 57.6 cm³/mol. The van der Waals surface area contributed by atoms with Gasteiger partial charge < -0.3 is 10.4 Å². The molecule has 0 unspecified atom stereocenters. The number of hydrogen-bond acceptors (Lipinski definition) is 3. The third-order valence-electron chi connectivity index (χ3n) is 1.92. The minimum atomic E-state index is -1.15. The van der Waals surface area contributed by atoms with Crippen molar-refractivity contribution in [3.8, 4) is 0 Å². The SMILES string of the molecule is C[C@@H](NC(=O)/C=C/C(=O)O)c1cccnc1. The maximum absolute atomic E-state index is 11.2. The molecule has 5 heteroatoms. The lowest BCUT2D eigenvalue weighted by Crippen LogP contribution is -2.24. The van der Waals surface area contributed by atoms with Crippen LogP contribution in [0.25, 0.3) is 0 Å². The second-order valence-electron chi connectivity index (χ2n) is 3.19. The molecule has 1 rings (SSSR count). The van der Waals surface area contributed by atoms with E-state index in [0.717, 1.165) is 17.7 Å². The zero-order valence-electron chi connectivity index (χ0n) is 8.75. The van der Waals surface area contributed by atoms with Crippen LogP contribution in [0.5, 0.6) is 0 Å². The standard InChI is InChI=1S/C11H12N2O3/c1-8(9-3-2-6-12-7-9)13-10(14)4-5-11(15)16/h2-8H,1H3,(H,13,14)(H,15,16)/b5-4+/t8-/m1/s1. The quantitative estimate of drug-likeness (QED) is 0.739. The highest BCUT2D eigenvalue weighted by molar-refractivity contribution is 5.94. The number of pyridine rings is 1. The molecule has 1 atom stereocenters. The Kier molecular flexibility index (Phi) is 4.20. The number of carboxylic acids is 1. The molecule has 0 radical (unpaired) electrons. The molecule has 0 aliphatic rings. The minimum Gasteiger partial charge on any atom is -0.478 e. The Balaban J connectivity index is 2.55. The summed E-state index contributed by atoms with van der Waals surface area (Å²) < 4.78 is 0. The molecule has 0 bridgehead atoms. The normalized spacial score (nSPS) is 12.3. The van der Waals surface area contributed by atoms with Crippen molar-refractivity contribution in [3.05, 3.63) is 42.2 Å². The lowest BCUT2D eigenvalue weighted by Gasteiger charge is -2.11. The van der Waals surface area contributed by atoms with Gasteiger partial charge in [0.15, 0.2) is 0 Å². The molecule has 0 aromatic carbocycles. The molecule has 0 saturated heterocycles. The molecule has 1 heterocycles. The molecule has 2 N–H and O–H groups in total. The molecule has 0 spiro atoms. The topological polar surface area (TPSA) is 79.3 Å². The molecular formula is C11H12N2O3. The van der Waals surface area contributed by atoms with Gasteiger partial charge in [-0.15, -0.1) is 0 Å². The highest BCUT2D eigenvalue weighted by atomic mass is 16.4. The minimum absolute atomic E-state index is 0.209. The van der Waals surface area contributed by atoms with E-state index in [4.69, 9.17) is 5.11 Å². The van der Waals surface area contributed by atoms with Gasteiger partial charge in [0.1, 0.15) is 0 Å². The summed E-state index contributed by atoms with van der Waals surface area (Å²) in [7, 11) is 0. The van der Waals surface area contributed by atoms with Crippen LogP contribution < -0.4 is 5.32 Å². The molecule has 0 aliphatic heterocycles.